The van der Waals surface area contributed by atoms with Crippen molar-refractivity contribution in [1.29, 1.82) is 0 Å². The number of piperidine rings is 1. The van der Waals surface area contributed by atoms with E-state index in [1.807, 2.05) is 4.90 Å². The Hall–Kier alpha value is -0.730. The van der Waals surface area contributed by atoms with Crippen molar-refractivity contribution >= 4 is 5.91 Å². The minimum Gasteiger partial charge on any atom is -0.395 e. The van der Waals surface area contributed by atoms with E-state index in [9.17, 15) is 20.1 Å². The van der Waals surface area contributed by atoms with Crippen molar-refractivity contribution in [3.8, 4) is 0 Å². The molecule has 1 aliphatic rings. The van der Waals surface area contributed by atoms with E-state index >= 15 is 0 Å². The predicted molar refractivity (Wildman–Crippen MR) is 84.2 cm³/mol. The van der Waals surface area contributed by atoms with Gasteiger partial charge in [-0.2, -0.15) is 0 Å². The molecule has 1 saturated heterocycles. The average molecular weight is 317 g/mol. The second-order valence-corrected chi connectivity index (χ2v) is 6.09. The van der Waals surface area contributed by atoms with Crippen LogP contribution in [0.4, 0.5) is 0 Å². The van der Waals surface area contributed by atoms with E-state index in [1.165, 1.54) is 6.92 Å². The monoisotopic (exact) mass is 317 g/mol. The summed E-state index contributed by atoms with van der Waals surface area (Å²) in [6.07, 6.45) is 3.19. The zero-order valence-corrected chi connectivity index (χ0v) is 13.4. The zero-order valence-electron chi connectivity index (χ0n) is 13.4. The number of likely N-dealkylation sites (tertiary alicyclic amines) is 1. The summed E-state index contributed by atoms with van der Waals surface area (Å²) >= 11 is 0. The Bertz CT molecular complexity index is 330. The maximum Gasteiger partial charge on any atom is 0.217 e. The second-order valence-electron chi connectivity index (χ2n) is 6.09. The normalized spacial score (nSPS) is 29.5. The van der Waals surface area contributed by atoms with Crippen molar-refractivity contribution in [1.82, 2.24) is 10.2 Å². The fraction of sp³-hybridized carbons (Fsp3) is 0.933. The molecule has 1 aliphatic heterocycles. The first-order valence-electron chi connectivity index (χ1n) is 8.19. The molecule has 1 heterocycles. The smallest absolute Gasteiger partial charge is 0.217 e. The molecule has 0 aromatic rings. The van der Waals surface area contributed by atoms with Crippen LogP contribution >= 0.6 is 0 Å². The lowest BCUT2D eigenvalue weighted by Gasteiger charge is -2.45. The Morgan fingerprint density at radius 2 is 1.82 bits per heavy atom. The standard InChI is InChI=1S/C15H31N3O4/c1-11(20)17-12-9-18(8-6-4-2-3-5-7-16)13(10-19)15(22)14(12)21/h12-15,19,21-22H,2-10,16H2,1H3,(H,17,20)/t12-,13+,14+,15+/m0/s1. The van der Waals surface area contributed by atoms with E-state index in [-0.39, 0.29) is 12.5 Å². The van der Waals surface area contributed by atoms with Crippen molar-refractivity contribution in [3.05, 3.63) is 0 Å². The number of amides is 1. The number of rotatable bonds is 9. The lowest BCUT2D eigenvalue weighted by molar-refractivity contribution is -0.128. The van der Waals surface area contributed by atoms with E-state index in [0.29, 0.717) is 6.54 Å². The van der Waals surface area contributed by atoms with Crippen molar-refractivity contribution in [2.75, 3.05) is 26.2 Å². The van der Waals surface area contributed by atoms with Gasteiger partial charge in [-0.15, -0.1) is 0 Å². The van der Waals surface area contributed by atoms with Crippen LogP contribution in [0.15, 0.2) is 0 Å². The largest absolute Gasteiger partial charge is 0.395 e. The lowest BCUT2D eigenvalue weighted by atomic mass is 9.92. The van der Waals surface area contributed by atoms with Crippen LogP contribution in [0, 0.1) is 0 Å². The van der Waals surface area contributed by atoms with Gasteiger partial charge in [-0.1, -0.05) is 19.3 Å². The molecule has 0 saturated carbocycles. The number of unbranched alkanes of at least 4 members (excludes halogenated alkanes) is 4. The molecule has 130 valence electrons. The molecular weight excluding hydrogens is 286 g/mol. The number of aliphatic hydroxyl groups is 3. The number of carbonyl (C=O) groups excluding carboxylic acids is 1. The van der Waals surface area contributed by atoms with Crippen LogP contribution in [0.1, 0.15) is 39.0 Å². The Balaban J connectivity index is 2.48. The van der Waals surface area contributed by atoms with Crippen LogP contribution in [-0.4, -0.2) is 76.7 Å². The maximum atomic E-state index is 11.2. The van der Waals surface area contributed by atoms with Gasteiger partial charge in [-0.25, -0.2) is 0 Å². The van der Waals surface area contributed by atoms with E-state index in [1.54, 1.807) is 0 Å². The Labute approximate surface area is 132 Å². The first-order chi connectivity index (χ1) is 10.5. The first kappa shape index (κ1) is 19.3. The minimum absolute atomic E-state index is 0.210. The molecule has 6 N–H and O–H groups in total. The fourth-order valence-corrected chi connectivity index (χ4v) is 3.04. The Kier molecular flexibility index (Phi) is 8.89. The molecule has 0 bridgehead atoms. The molecule has 0 unspecified atom stereocenters. The van der Waals surface area contributed by atoms with Crippen LogP contribution in [0.2, 0.25) is 0 Å². The summed E-state index contributed by atoms with van der Waals surface area (Å²) in [5, 5.41) is 32.4. The van der Waals surface area contributed by atoms with Gasteiger partial charge >= 0.3 is 0 Å². The molecule has 1 rings (SSSR count). The maximum absolute atomic E-state index is 11.2. The number of aliphatic hydroxyl groups excluding tert-OH is 3. The van der Waals surface area contributed by atoms with Gasteiger partial charge in [0.2, 0.25) is 5.91 Å². The highest BCUT2D eigenvalue weighted by Crippen LogP contribution is 2.20. The van der Waals surface area contributed by atoms with Crippen LogP contribution in [-0.2, 0) is 4.79 Å². The molecule has 0 aromatic heterocycles. The van der Waals surface area contributed by atoms with Crippen molar-refractivity contribution < 1.29 is 20.1 Å². The number of nitrogens with zero attached hydrogens (tertiary/aromatic N) is 1. The molecule has 7 nitrogen and oxygen atoms in total. The molecule has 1 fully saturated rings. The molecule has 22 heavy (non-hydrogen) atoms. The molecule has 4 atom stereocenters. The van der Waals surface area contributed by atoms with E-state index in [0.717, 1.165) is 45.2 Å². The number of nitrogens with one attached hydrogen (secondary N) is 1. The molecular formula is C15H31N3O4. The van der Waals surface area contributed by atoms with E-state index in [2.05, 4.69) is 5.32 Å². The summed E-state index contributed by atoms with van der Waals surface area (Å²) in [7, 11) is 0. The van der Waals surface area contributed by atoms with Crippen LogP contribution < -0.4 is 11.1 Å². The first-order valence-corrected chi connectivity index (χ1v) is 8.19. The quantitative estimate of drug-likeness (QED) is 0.341. The third kappa shape index (κ3) is 5.81. The SMILES string of the molecule is CC(=O)N[C@H]1CN(CCCCCCCN)[C@H](CO)[C@@H](O)[C@@H]1O. The van der Waals surface area contributed by atoms with Gasteiger partial charge in [0.1, 0.15) is 6.10 Å². The van der Waals surface area contributed by atoms with Crippen LogP contribution in [0.25, 0.3) is 0 Å². The highest BCUT2D eigenvalue weighted by Gasteiger charge is 2.41. The van der Waals surface area contributed by atoms with Crippen LogP contribution in [0.3, 0.4) is 0 Å². The second kappa shape index (κ2) is 10.1. The summed E-state index contributed by atoms with van der Waals surface area (Å²) in [6, 6.07) is -0.989. The van der Waals surface area contributed by atoms with Crippen molar-refractivity contribution in [3.63, 3.8) is 0 Å². The third-order valence-corrected chi connectivity index (χ3v) is 4.28. The zero-order chi connectivity index (χ0) is 16.5. The summed E-state index contributed by atoms with van der Waals surface area (Å²) in [5.74, 6) is -0.236. The van der Waals surface area contributed by atoms with Gasteiger partial charge in [0.05, 0.1) is 24.8 Å². The summed E-state index contributed by atoms with van der Waals surface area (Å²) in [6.45, 7) is 3.07. The number of carbonyl (C=O) groups is 1. The van der Waals surface area contributed by atoms with Gasteiger partial charge < -0.3 is 26.4 Å². The molecule has 1 amide bonds. The predicted octanol–water partition coefficient (Wildman–Crippen LogP) is -1.20. The third-order valence-electron chi connectivity index (χ3n) is 4.28. The van der Waals surface area contributed by atoms with E-state index in [4.69, 9.17) is 5.73 Å². The summed E-state index contributed by atoms with van der Waals surface area (Å²) < 4.78 is 0. The summed E-state index contributed by atoms with van der Waals surface area (Å²) in [4.78, 5) is 13.2. The molecule has 0 aromatic carbocycles. The topological polar surface area (TPSA) is 119 Å². The minimum atomic E-state index is -1.06. The lowest BCUT2D eigenvalue weighted by Crippen LogP contribution is -2.66. The van der Waals surface area contributed by atoms with Crippen LogP contribution in [0.5, 0.6) is 0 Å². The number of hydrogen-bond acceptors (Lipinski definition) is 6. The average Bonchev–Trinajstić information content (AvgIpc) is 2.47. The highest BCUT2D eigenvalue weighted by molar-refractivity contribution is 5.73. The summed E-state index contributed by atoms with van der Waals surface area (Å²) in [5.41, 5.74) is 5.46. The number of nitrogens with two attached hydrogens (primary N) is 1. The van der Waals surface area contributed by atoms with Gasteiger partial charge in [0.15, 0.2) is 0 Å². The van der Waals surface area contributed by atoms with Gasteiger partial charge in [0.25, 0.3) is 0 Å². The van der Waals surface area contributed by atoms with Gasteiger partial charge in [-0.05, 0) is 25.9 Å². The van der Waals surface area contributed by atoms with E-state index < -0.39 is 24.3 Å². The van der Waals surface area contributed by atoms with Crippen molar-refractivity contribution in [2.45, 2.75) is 63.3 Å². The highest BCUT2D eigenvalue weighted by atomic mass is 16.3. The Morgan fingerprint density at radius 1 is 1.18 bits per heavy atom. The van der Waals surface area contributed by atoms with Gasteiger partial charge in [-0.3, -0.25) is 9.69 Å². The molecule has 0 radical (unpaired) electrons. The fourth-order valence-electron chi connectivity index (χ4n) is 3.04. The van der Waals surface area contributed by atoms with Gasteiger partial charge in [0, 0.05) is 13.5 Å². The van der Waals surface area contributed by atoms with Crippen molar-refractivity contribution in [2.24, 2.45) is 5.73 Å². The molecule has 0 spiro atoms. The molecule has 0 aliphatic carbocycles. The molecule has 7 heteroatoms. The Morgan fingerprint density at radius 3 is 2.41 bits per heavy atom. The number of hydrogen-bond donors (Lipinski definition) is 5.